The molecule has 3 N–H and O–H groups in total. The van der Waals surface area contributed by atoms with Crippen LogP contribution in [0.3, 0.4) is 0 Å². The van der Waals surface area contributed by atoms with Gasteiger partial charge in [0.15, 0.2) is 15.7 Å². The standard InChI is InChI=1S/C13H20N2O5S/c1-2-19-7-8-20-9-10-21(17,18)12-5-3-11(4-6-12)13(14)15-16/h3-6,16H,2,7-10H2,1H3,(H2,14,15). The maximum Gasteiger partial charge on any atom is 0.180 e. The van der Waals surface area contributed by atoms with E-state index in [2.05, 4.69) is 5.16 Å². The first-order chi connectivity index (χ1) is 10.0. The van der Waals surface area contributed by atoms with Crippen LogP contribution in [-0.2, 0) is 19.3 Å². The number of hydrogen-bond donors (Lipinski definition) is 2. The number of nitrogens with two attached hydrogens (primary N) is 1. The van der Waals surface area contributed by atoms with Gasteiger partial charge in [0.05, 0.1) is 30.5 Å². The molecule has 0 fully saturated rings. The summed E-state index contributed by atoms with van der Waals surface area (Å²) in [7, 11) is -3.41. The van der Waals surface area contributed by atoms with Crippen LogP contribution < -0.4 is 5.73 Å². The molecule has 1 aromatic rings. The van der Waals surface area contributed by atoms with Crippen LogP contribution in [0, 0.1) is 0 Å². The molecule has 0 bridgehead atoms. The topological polar surface area (TPSA) is 111 Å². The van der Waals surface area contributed by atoms with Crippen molar-refractivity contribution in [3.63, 3.8) is 0 Å². The summed E-state index contributed by atoms with van der Waals surface area (Å²) in [5.41, 5.74) is 5.86. The van der Waals surface area contributed by atoms with Crippen molar-refractivity contribution in [2.24, 2.45) is 10.9 Å². The Labute approximate surface area is 124 Å². The van der Waals surface area contributed by atoms with E-state index in [4.69, 9.17) is 20.4 Å². The monoisotopic (exact) mass is 316 g/mol. The molecule has 0 heterocycles. The molecule has 118 valence electrons. The van der Waals surface area contributed by atoms with E-state index in [-0.39, 0.29) is 23.1 Å². The predicted octanol–water partition coefficient (Wildman–Crippen LogP) is 0.608. The third-order valence-corrected chi connectivity index (χ3v) is 4.38. The lowest BCUT2D eigenvalue weighted by Gasteiger charge is -2.07. The number of nitrogens with zero attached hydrogens (tertiary/aromatic N) is 1. The Morgan fingerprint density at radius 2 is 1.81 bits per heavy atom. The first kappa shape index (κ1) is 17.4. The Bertz CT molecular complexity index is 554. The molecule has 0 radical (unpaired) electrons. The molecule has 8 heteroatoms. The van der Waals surface area contributed by atoms with Crippen molar-refractivity contribution in [1.29, 1.82) is 0 Å². The Kier molecular flexibility index (Phi) is 7.13. The van der Waals surface area contributed by atoms with Gasteiger partial charge in [0.25, 0.3) is 0 Å². The van der Waals surface area contributed by atoms with Gasteiger partial charge >= 0.3 is 0 Å². The van der Waals surface area contributed by atoms with E-state index in [1.807, 2.05) is 6.92 Å². The molecule has 1 rings (SSSR count). The van der Waals surface area contributed by atoms with Gasteiger partial charge < -0.3 is 20.4 Å². The molecule has 0 aromatic heterocycles. The van der Waals surface area contributed by atoms with Crippen LogP contribution in [0.2, 0.25) is 0 Å². The van der Waals surface area contributed by atoms with Crippen molar-refractivity contribution in [1.82, 2.24) is 0 Å². The molecule has 1 aromatic carbocycles. The van der Waals surface area contributed by atoms with E-state index in [9.17, 15) is 8.42 Å². The van der Waals surface area contributed by atoms with Gasteiger partial charge in [0, 0.05) is 12.2 Å². The average Bonchev–Trinajstić information content (AvgIpc) is 2.50. The van der Waals surface area contributed by atoms with Crippen LogP contribution in [-0.4, -0.2) is 51.6 Å². The number of amidine groups is 1. The molecule has 0 amide bonds. The molecular weight excluding hydrogens is 296 g/mol. The second kappa shape index (κ2) is 8.60. The van der Waals surface area contributed by atoms with Crippen LogP contribution in [0.1, 0.15) is 12.5 Å². The van der Waals surface area contributed by atoms with Crippen LogP contribution in [0.15, 0.2) is 34.3 Å². The predicted molar refractivity (Wildman–Crippen MR) is 78.3 cm³/mol. The van der Waals surface area contributed by atoms with Crippen molar-refractivity contribution >= 4 is 15.7 Å². The minimum absolute atomic E-state index is 0.0711. The van der Waals surface area contributed by atoms with E-state index >= 15 is 0 Å². The molecular formula is C13H20N2O5S. The lowest BCUT2D eigenvalue weighted by Crippen LogP contribution is -2.16. The molecule has 0 aliphatic heterocycles. The minimum atomic E-state index is -3.41. The minimum Gasteiger partial charge on any atom is -0.409 e. The largest absolute Gasteiger partial charge is 0.409 e. The van der Waals surface area contributed by atoms with Gasteiger partial charge in [-0.3, -0.25) is 0 Å². The highest BCUT2D eigenvalue weighted by Gasteiger charge is 2.14. The first-order valence-electron chi connectivity index (χ1n) is 6.47. The molecule has 0 atom stereocenters. The highest BCUT2D eigenvalue weighted by Crippen LogP contribution is 2.12. The maximum atomic E-state index is 12.0. The zero-order valence-corrected chi connectivity index (χ0v) is 12.7. The van der Waals surface area contributed by atoms with Crippen molar-refractivity contribution in [2.75, 3.05) is 32.2 Å². The summed E-state index contributed by atoms with van der Waals surface area (Å²) < 4.78 is 34.4. The fraction of sp³-hybridized carbons (Fsp3) is 0.462. The fourth-order valence-electron chi connectivity index (χ4n) is 1.54. The Morgan fingerprint density at radius 3 is 2.38 bits per heavy atom. The van der Waals surface area contributed by atoms with Crippen molar-refractivity contribution < 1.29 is 23.1 Å². The number of sulfone groups is 1. The number of ether oxygens (including phenoxy) is 2. The highest BCUT2D eigenvalue weighted by atomic mass is 32.2. The second-order valence-corrected chi connectivity index (χ2v) is 6.25. The zero-order valence-electron chi connectivity index (χ0n) is 11.9. The third kappa shape index (κ3) is 5.70. The molecule has 0 saturated carbocycles. The van der Waals surface area contributed by atoms with Gasteiger partial charge in [-0.25, -0.2) is 8.42 Å². The number of hydrogen-bond acceptors (Lipinski definition) is 6. The van der Waals surface area contributed by atoms with Gasteiger partial charge in [0.1, 0.15) is 0 Å². The summed E-state index contributed by atoms with van der Waals surface area (Å²) in [5, 5.41) is 11.4. The van der Waals surface area contributed by atoms with E-state index in [0.29, 0.717) is 25.4 Å². The molecule has 0 aliphatic rings. The second-order valence-electron chi connectivity index (χ2n) is 4.14. The molecule has 0 unspecified atom stereocenters. The smallest absolute Gasteiger partial charge is 0.180 e. The van der Waals surface area contributed by atoms with Crippen molar-refractivity contribution in [3.05, 3.63) is 29.8 Å². The zero-order chi connectivity index (χ0) is 15.7. The summed E-state index contributed by atoms with van der Waals surface area (Å²) in [4.78, 5) is 0.172. The molecule has 0 spiro atoms. The van der Waals surface area contributed by atoms with Gasteiger partial charge in [-0.1, -0.05) is 5.16 Å². The number of benzene rings is 1. The Balaban J connectivity index is 2.54. The molecule has 0 saturated heterocycles. The van der Waals surface area contributed by atoms with Crippen LogP contribution >= 0.6 is 0 Å². The normalized spacial score (nSPS) is 12.5. The summed E-state index contributed by atoms with van der Waals surface area (Å²) in [6.07, 6.45) is 0. The lowest BCUT2D eigenvalue weighted by molar-refractivity contribution is 0.0590. The summed E-state index contributed by atoms with van der Waals surface area (Å²) >= 11 is 0. The van der Waals surface area contributed by atoms with Crippen LogP contribution in [0.4, 0.5) is 0 Å². The van der Waals surface area contributed by atoms with Crippen LogP contribution in [0.5, 0.6) is 0 Å². The van der Waals surface area contributed by atoms with Gasteiger partial charge in [-0.15, -0.1) is 0 Å². The van der Waals surface area contributed by atoms with Gasteiger partial charge in [-0.2, -0.15) is 0 Å². The van der Waals surface area contributed by atoms with E-state index in [1.54, 1.807) is 0 Å². The first-order valence-corrected chi connectivity index (χ1v) is 8.12. The van der Waals surface area contributed by atoms with Crippen LogP contribution in [0.25, 0.3) is 0 Å². The Hall–Kier alpha value is -1.64. The molecule has 7 nitrogen and oxygen atoms in total. The Morgan fingerprint density at radius 1 is 1.19 bits per heavy atom. The fourth-order valence-corrected chi connectivity index (χ4v) is 2.67. The van der Waals surface area contributed by atoms with E-state index in [0.717, 1.165) is 0 Å². The lowest BCUT2D eigenvalue weighted by atomic mass is 10.2. The van der Waals surface area contributed by atoms with Gasteiger partial charge in [-0.05, 0) is 31.2 Å². The summed E-state index contributed by atoms with van der Waals surface area (Å²) in [6, 6.07) is 5.81. The number of rotatable bonds is 9. The average molecular weight is 316 g/mol. The molecule has 21 heavy (non-hydrogen) atoms. The SMILES string of the molecule is CCOCCOCCS(=O)(=O)c1ccc(/C(N)=N/O)cc1. The third-order valence-electron chi connectivity index (χ3n) is 2.69. The van der Waals surface area contributed by atoms with Crippen molar-refractivity contribution in [3.8, 4) is 0 Å². The van der Waals surface area contributed by atoms with Gasteiger partial charge in [0.2, 0.25) is 0 Å². The maximum absolute atomic E-state index is 12.0. The highest BCUT2D eigenvalue weighted by molar-refractivity contribution is 7.91. The quantitative estimate of drug-likeness (QED) is 0.227. The number of oxime groups is 1. The van der Waals surface area contributed by atoms with Crippen molar-refractivity contribution in [2.45, 2.75) is 11.8 Å². The van der Waals surface area contributed by atoms with E-state index in [1.165, 1.54) is 24.3 Å². The summed E-state index contributed by atoms with van der Waals surface area (Å²) in [5.74, 6) is -0.180. The molecule has 0 aliphatic carbocycles. The summed E-state index contributed by atoms with van der Waals surface area (Å²) in [6.45, 7) is 3.41. The van der Waals surface area contributed by atoms with E-state index < -0.39 is 9.84 Å².